The van der Waals surface area contributed by atoms with Gasteiger partial charge in [-0.2, -0.15) is 0 Å². The molecule has 0 saturated heterocycles. The normalized spacial score (nSPS) is 10.8. The van der Waals surface area contributed by atoms with E-state index in [0.29, 0.717) is 0 Å². The molecule has 0 N–H and O–H groups in total. The molecule has 1 aromatic carbocycles. The quantitative estimate of drug-likeness (QED) is 0.584. The van der Waals surface area contributed by atoms with E-state index in [1.54, 1.807) is 0 Å². The third-order valence-corrected chi connectivity index (χ3v) is 2.62. The van der Waals surface area contributed by atoms with Gasteiger partial charge in [-0.3, -0.25) is 4.79 Å². The summed E-state index contributed by atoms with van der Waals surface area (Å²) in [5, 5.41) is 0. The Balaban J connectivity index is 2.81. The molecule has 0 fully saturated rings. The van der Waals surface area contributed by atoms with Gasteiger partial charge >= 0.3 is 0 Å². The van der Waals surface area contributed by atoms with Crippen molar-refractivity contribution in [3.63, 3.8) is 0 Å². The van der Waals surface area contributed by atoms with Crippen molar-refractivity contribution in [3.05, 3.63) is 35.4 Å². The Labute approximate surface area is 113 Å². The second kappa shape index (κ2) is 7.33. The lowest BCUT2D eigenvalue weighted by molar-refractivity contribution is -0.132. The number of hydrogen-bond donors (Lipinski definition) is 0. The third kappa shape index (κ3) is 4.70. The molecule has 0 radical (unpaired) electrons. The van der Waals surface area contributed by atoms with Crippen molar-refractivity contribution in [2.24, 2.45) is 0 Å². The minimum Gasteiger partial charge on any atom is -0.335 e. The van der Waals surface area contributed by atoms with Crippen LogP contribution in [0.2, 0.25) is 0 Å². The maximum absolute atomic E-state index is 13.3. The molecule has 1 amide bonds. The van der Waals surface area contributed by atoms with Crippen LogP contribution in [0.15, 0.2) is 18.2 Å². The zero-order valence-electron chi connectivity index (χ0n) is 9.88. The first-order valence-corrected chi connectivity index (χ1v) is 6.04. The molecule has 0 unspecified atom stereocenters. The number of nitrogens with zero attached hydrogens (tertiary/aromatic N) is 1. The average Bonchev–Trinajstić information content (AvgIpc) is 2.32. The van der Waals surface area contributed by atoms with E-state index in [0.717, 1.165) is 23.1 Å². The van der Waals surface area contributed by atoms with Gasteiger partial charge in [-0.25, -0.2) is 17.6 Å². The summed E-state index contributed by atoms with van der Waals surface area (Å²) in [5.74, 6) is -2.57. The van der Waals surface area contributed by atoms with Crippen molar-refractivity contribution >= 4 is 17.5 Å². The lowest BCUT2D eigenvalue weighted by Crippen LogP contribution is -2.37. The van der Waals surface area contributed by atoms with Crippen LogP contribution in [0.3, 0.4) is 0 Å². The second-order valence-corrected chi connectivity index (χ2v) is 4.17. The van der Waals surface area contributed by atoms with Crippen molar-refractivity contribution in [3.8, 4) is 0 Å². The van der Waals surface area contributed by atoms with Crippen molar-refractivity contribution < 1.29 is 22.4 Å². The maximum Gasteiger partial charge on any atom is 0.255 e. The summed E-state index contributed by atoms with van der Waals surface area (Å²) in [6.45, 7) is -0.900. The molecular weight excluding hydrogens is 286 g/mol. The monoisotopic (exact) mass is 297 g/mol. The fraction of sp³-hybridized carbons (Fsp3) is 0.417. The second-order valence-electron chi connectivity index (χ2n) is 3.80. The molecule has 0 spiro atoms. The lowest BCUT2D eigenvalue weighted by atomic mass is 10.1. The molecule has 0 heterocycles. The summed E-state index contributed by atoms with van der Waals surface area (Å²) in [7, 11) is 0. The lowest BCUT2D eigenvalue weighted by Gasteiger charge is -2.21. The molecule has 0 aromatic heterocycles. The molecule has 0 aliphatic carbocycles. The number of carbonyl (C=O) groups excluding carboxylic acids is 1. The van der Waals surface area contributed by atoms with Crippen molar-refractivity contribution in [2.75, 3.05) is 19.0 Å². The number of halogens is 5. The molecule has 0 saturated carbocycles. The highest BCUT2D eigenvalue weighted by atomic mass is 35.5. The molecule has 0 aliphatic rings. The smallest absolute Gasteiger partial charge is 0.255 e. The Morgan fingerprint density at radius 2 is 1.84 bits per heavy atom. The topological polar surface area (TPSA) is 20.3 Å². The van der Waals surface area contributed by atoms with Crippen molar-refractivity contribution in [1.82, 2.24) is 4.90 Å². The van der Waals surface area contributed by atoms with E-state index in [9.17, 15) is 22.4 Å². The molecule has 0 bridgehead atoms. The van der Waals surface area contributed by atoms with Gasteiger partial charge in [0.1, 0.15) is 11.6 Å². The SMILES string of the molecule is O=C(Cc1c(F)cccc1F)N(CCCl)CC(F)F. The standard InChI is InChI=1S/C12H12ClF4NO/c13-4-5-18(7-11(16)17)12(19)6-8-9(14)2-1-3-10(8)15/h1-3,11H,4-7H2. The predicted molar refractivity (Wildman–Crippen MR) is 63.4 cm³/mol. The Bertz CT molecular complexity index is 421. The van der Waals surface area contributed by atoms with Crippen LogP contribution < -0.4 is 0 Å². The highest BCUT2D eigenvalue weighted by Gasteiger charge is 2.20. The summed E-state index contributed by atoms with van der Waals surface area (Å²) in [6.07, 6.45) is -3.33. The van der Waals surface area contributed by atoms with E-state index in [4.69, 9.17) is 11.6 Å². The highest BCUT2D eigenvalue weighted by molar-refractivity contribution is 6.18. The van der Waals surface area contributed by atoms with Gasteiger partial charge in [0.2, 0.25) is 5.91 Å². The third-order valence-electron chi connectivity index (χ3n) is 2.46. The molecule has 2 nitrogen and oxygen atoms in total. The summed E-state index contributed by atoms with van der Waals surface area (Å²) in [5.41, 5.74) is -0.429. The number of amides is 1. The fourth-order valence-electron chi connectivity index (χ4n) is 1.55. The number of benzene rings is 1. The number of hydrogen-bond acceptors (Lipinski definition) is 1. The minimum absolute atomic E-state index is 0.0295. The van der Waals surface area contributed by atoms with Gasteiger partial charge in [0.15, 0.2) is 0 Å². The molecular formula is C12H12ClF4NO. The van der Waals surface area contributed by atoms with Gasteiger partial charge in [0.25, 0.3) is 6.43 Å². The predicted octanol–water partition coefficient (Wildman–Crippen LogP) is 2.84. The molecule has 0 aliphatic heterocycles. The Morgan fingerprint density at radius 3 is 2.32 bits per heavy atom. The molecule has 19 heavy (non-hydrogen) atoms. The Kier molecular flexibility index (Phi) is 6.08. The van der Waals surface area contributed by atoms with Crippen LogP contribution in [0.5, 0.6) is 0 Å². The summed E-state index contributed by atoms with van der Waals surface area (Å²) in [6, 6.07) is 3.17. The van der Waals surface area contributed by atoms with Gasteiger partial charge < -0.3 is 4.90 Å². The molecule has 1 rings (SSSR count). The van der Waals surface area contributed by atoms with Gasteiger partial charge in [-0.15, -0.1) is 11.6 Å². The molecule has 0 atom stereocenters. The minimum atomic E-state index is -2.72. The highest BCUT2D eigenvalue weighted by Crippen LogP contribution is 2.14. The van der Waals surface area contributed by atoms with E-state index in [1.807, 2.05) is 0 Å². The average molecular weight is 298 g/mol. The summed E-state index contributed by atoms with van der Waals surface area (Å²) < 4.78 is 51.2. The van der Waals surface area contributed by atoms with Gasteiger partial charge in [-0.1, -0.05) is 6.07 Å². The summed E-state index contributed by atoms with van der Waals surface area (Å²) in [4.78, 5) is 12.5. The summed E-state index contributed by atoms with van der Waals surface area (Å²) >= 11 is 5.40. The van der Waals surface area contributed by atoms with Gasteiger partial charge in [-0.05, 0) is 12.1 Å². The number of alkyl halides is 3. The van der Waals surface area contributed by atoms with E-state index in [-0.39, 0.29) is 12.4 Å². The first-order valence-electron chi connectivity index (χ1n) is 5.50. The first kappa shape index (κ1) is 15.8. The maximum atomic E-state index is 13.3. The zero-order valence-corrected chi connectivity index (χ0v) is 10.6. The van der Waals surface area contributed by atoms with Crippen LogP contribution in [0.4, 0.5) is 17.6 Å². The van der Waals surface area contributed by atoms with Crippen LogP contribution in [0, 0.1) is 11.6 Å². The van der Waals surface area contributed by atoms with E-state index >= 15 is 0 Å². The Hall–Kier alpha value is -1.30. The van der Waals surface area contributed by atoms with E-state index in [2.05, 4.69) is 0 Å². The van der Waals surface area contributed by atoms with Crippen molar-refractivity contribution in [1.29, 1.82) is 0 Å². The van der Waals surface area contributed by atoms with Crippen LogP contribution in [0.1, 0.15) is 5.56 Å². The van der Waals surface area contributed by atoms with E-state index in [1.165, 1.54) is 0 Å². The Morgan fingerprint density at radius 1 is 1.26 bits per heavy atom. The molecule has 106 valence electrons. The number of rotatable bonds is 6. The first-order chi connectivity index (χ1) is 8.95. The van der Waals surface area contributed by atoms with Gasteiger partial charge in [0.05, 0.1) is 13.0 Å². The van der Waals surface area contributed by atoms with E-state index < -0.39 is 42.5 Å². The fourth-order valence-corrected chi connectivity index (χ4v) is 1.75. The molecule has 1 aromatic rings. The van der Waals surface area contributed by atoms with Crippen molar-refractivity contribution in [2.45, 2.75) is 12.8 Å². The van der Waals surface area contributed by atoms with Crippen LogP contribution in [-0.2, 0) is 11.2 Å². The zero-order chi connectivity index (χ0) is 14.4. The van der Waals surface area contributed by atoms with Crippen LogP contribution >= 0.6 is 11.6 Å². The number of carbonyl (C=O) groups is 1. The van der Waals surface area contributed by atoms with Gasteiger partial charge in [0, 0.05) is 18.0 Å². The largest absolute Gasteiger partial charge is 0.335 e. The van der Waals surface area contributed by atoms with Crippen LogP contribution in [0.25, 0.3) is 0 Å². The van der Waals surface area contributed by atoms with Crippen LogP contribution in [-0.4, -0.2) is 36.2 Å². The molecule has 7 heteroatoms.